The number of carbonyl (C=O) groups is 1. The first-order valence-electron chi connectivity index (χ1n) is 8.59. The van der Waals surface area contributed by atoms with Crippen molar-refractivity contribution in [3.05, 3.63) is 23.9 Å². The highest BCUT2D eigenvalue weighted by atomic mass is 16.5. The second-order valence-electron chi connectivity index (χ2n) is 6.28. The van der Waals surface area contributed by atoms with Crippen LogP contribution in [-0.4, -0.2) is 49.8 Å². The summed E-state index contributed by atoms with van der Waals surface area (Å²) in [5.74, 6) is 1.09. The third kappa shape index (κ3) is 4.91. The number of morpholine rings is 1. The van der Waals surface area contributed by atoms with Crippen LogP contribution in [0.25, 0.3) is 0 Å². The molecule has 1 unspecified atom stereocenters. The van der Waals surface area contributed by atoms with E-state index in [1.165, 1.54) is 19.3 Å². The van der Waals surface area contributed by atoms with Crippen molar-refractivity contribution in [2.45, 2.75) is 38.3 Å². The van der Waals surface area contributed by atoms with Crippen molar-refractivity contribution >= 4 is 11.7 Å². The molecule has 2 aliphatic heterocycles. The molecule has 2 N–H and O–H groups in total. The second kappa shape index (κ2) is 8.26. The van der Waals surface area contributed by atoms with Crippen LogP contribution in [0.4, 0.5) is 5.82 Å². The van der Waals surface area contributed by atoms with Crippen LogP contribution < -0.4 is 15.5 Å². The Morgan fingerprint density at radius 2 is 2.22 bits per heavy atom. The number of nitrogens with zero attached hydrogens (tertiary/aromatic N) is 2. The van der Waals surface area contributed by atoms with Crippen molar-refractivity contribution in [3.8, 4) is 0 Å². The molecule has 0 aliphatic carbocycles. The number of carbonyl (C=O) groups excluding carboxylic acids is 1. The lowest BCUT2D eigenvalue weighted by Gasteiger charge is -2.27. The molecule has 1 aromatic rings. The molecule has 6 heteroatoms. The molecule has 3 heterocycles. The van der Waals surface area contributed by atoms with Gasteiger partial charge in [0.15, 0.2) is 0 Å². The fraction of sp³-hybridized carbons (Fsp3) is 0.647. The SMILES string of the molecule is O=C(CC1COCCN1)NCc1ccc(N2CCCCC2)nc1. The summed E-state index contributed by atoms with van der Waals surface area (Å²) in [5, 5.41) is 6.25. The zero-order chi connectivity index (χ0) is 15.9. The summed E-state index contributed by atoms with van der Waals surface area (Å²) < 4.78 is 5.36. The van der Waals surface area contributed by atoms with E-state index in [0.29, 0.717) is 19.6 Å². The van der Waals surface area contributed by atoms with E-state index in [1.807, 2.05) is 6.20 Å². The van der Waals surface area contributed by atoms with Gasteiger partial charge >= 0.3 is 0 Å². The van der Waals surface area contributed by atoms with Crippen LogP contribution in [0.2, 0.25) is 0 Å². The summed E-state index contributed by atoms with van der Waals surface area (Å²) in [6, 6.07) is 4.24. The van der Waals surface area contributed by atoms with Crippen LogP contribution >= 0.6 is 0 Å². The van der Waals surface area contributed by atoms with E-state index in [4.69, 9.17) is 4.74 Å². The molecule has 1 atom stereocenters. The Labute approximate surface area is 137 Å². The first-order valence-corrected chi connectivity index (χ1v) is 8.59. The molecule has 1 amide bonds. The molecule has 2 aliphatic rings. The van der Waals surface area contributed by atoms with Crippen LogP contribution in [0.5, 0.6) is 0 Å². The summed E-state index contributed by atoms with van der Waals surface area (Å²) >= 11 is 0. The molecule has 23 heavy (non-hydrogen) atoms. The highest BCUT2D eigenvalue weighted by molar-refractivity contribution is 5.76. The van der Waals surface area contributed by atoms with Crippen LogP contribution in [-0.2, 0) is 16.1 Å². The van der Waals surface area contributed by atoms with Gasteiger partial charge in [0.25, 0.3) is 0 Å². The number of anilines is 1. The number of pyridine rings is 1. The van der Waals surface area contributed by atoms with Crippen molar-refractivity contribution in [2.24, 2.45) is 0 Å². The molecule has 0 saturated carbocycles. The molecular weight excluding hydrogens is 292 g/mol. The lowest BCUT2D eigenvalue weighted by atomic mass is 10.1. The predicted octanol–water partition coefficient (Wildman–Crippen LogP) is 1.07. The van der Waals surface area contributed by atoms with Crippen LogP contribution in [0.3, 0.4) is 0 Å². The van der Waals surface area contributed by atoms with Crippen LogP contribution in [0.1, 0.15) is 31.2 Å². The van der Waals surface area contributed by atoms with Gasteiger partial charge in [0.2, 0.25) is 5.91 Å². The van der Waals surface area contributed by atoms with Gasteiger partial charge in [-0.2, -0.15) is 0 Å². The van der Waals surface area contributed by atoms with Gasteiger partial charge in [-0.25, -0.2) is 4.98 Å². The van der Waals surface area contributed by atoms with E-state index in [1.54, 1.807) is 0 Å². The van der Waals surface area contributed by atoms with E-state index >= 15 is 0 Å². The molecule has 2 fully saturated rings. The molecular formula is C17H26N4O2. The Kier molecular flexibility index (Phi) is 5.82. The maximum Gasteiger partial charge on any atom is 0.221 e. The smallest absolute Gasteiger partial charge is 0.221 e. The molecule has 3 rings (SSSR count). The molecule has 1 aromatic heterocycles. The largest absolute Gasteiger partial charge is 0.378 e. The van der Waals surface area contributed by atoms with Gasteiger partial charge in [-0.3, -0.25) is 4.79 Å². The van der Waals surface area contributed by atoms with Crippen LogP contribution in [0, 0.1) is 0 Å². The van der Waals surface area contributed by atoms with Crippen molar-refractivity contribution < 1.29 is 9.53 Å². The van der Waals surface area contributed by atoms with Gasteiger partial charge < -0.3 is 20.3 Å². The van der Waals surface area contributed by atoms with E-state index in [-0.39, 0.29) is 11.9 Å². The maximum atomic E-state index is 12.0. The molecule has 0 aromatic carbocycles. The van der Waals surface area contributed by atoms with Gasteiger partial charge in [0.1, 0.15) is 5.82 Å². The number of hydrogen-bond donors (Lipinski definition) is 2. The number of hydrogen-bond acceptors (Lipinski definition) is 5. The third-order valence-corrected chi connectivity index (χ3v) is 4.41. The first kappa shape index (κ1) is 16.2. The number of amides is 1. The Balaban J connectivity index is 1.43. The number of piperidine rings is 1. The molecule has 0 bridgehead atoms. The standard InChI is InChI=1S/C17H26N4O2/c22-17(10-15-13-23-9-6-18-15)20-12-14-4-5-16(19-11-14)21-7-2-1-3-8-21/h4-5,11,15,18H,1-3,6-10,12-13H2,(H,20,22). The Morgan fingerprint density at radius 1 is 1.35 bits per heavy atom. The van der Waals surface area contributed by atoms with E-state index in [0.717, 1.165) is 37.6 Å². The number of aromatic nitrogens is 1. The fourth-order valence-electron chi connectivity index (χ4n) is 3.08. The van der Waals surface area contributed by atoms with Crippen molar-refractivity contribution in [2.75, 3.05) is 37.7 Å². The highest BCUT2D eigenvalue weighted by Crippen LogP contribution is 2.17. The Bertz CT molecular complexity index is 494. The van der Waals surface area contributed by atoms with Crippen molar-refractivity contribution in [1.82, 2.24) is 15.6 Å². The summed E-state index contributed by atoms with van der Waals surface area (Å²) in [4.78, 5) is 18.8. The van der Waals surface area contributed by atoms with Gasteiger partial charge in [0.05, 0.1) is 13.2 Å². The predicted molar refractivity (Wildman–Crippen MR) is 89.4 cm³/mol. The summed E-state index contributed by atoms with van der Waals surface area (Å²) in [7, 11) is 0. The first-order chi connectivity index (χ1) is 11.3. The lowest BCUT2D eigenvalue weighted by Crippen LogP contribution is -2.44. The quantitative estimate of drug-likeness (QED) is 0.850. The van der Waals surface area contributed by atoms with Gasteiger partial charge in [-0.15, -0.1) is 0 Å². The molecule has 6 nitrogen and oxygen atoms in total. The van der Waals surface area contributed by atoms with Gasteiger partial charge in [0, 0.05) is 44.8 Å². The minimum absolute atomic E-state index is 0.0492. The minimum atomic E-state index is 0.0492. The van der Waals surface area contributed by atoms with Gasteiger partial charge in [-0.05, 0) is 30.9 Å². The summed E-state index contributed by atoms with van der Waals surface area (Å²) in [6.45, 7) is 4.88. The maximum absolute atomic E-state index is 12.0. The number of nitrogens with one attached hydrogen (secondary N) is 2. The normalized spacial score (nSPS) is 21.9. The third-order valence-electron chi connectivity index (χ3n) is 4.41. The molecule has 0 spiro atoms. The van der Waals surface area contributed by atoms with Crippen molar-refractivity contribution in [1.29, 1.82) is 0 Å². The van der Waals surface area contributed by atoms with E-state index in [2.05, 4.69) is 32.7 Å². The van der Waals surface area contributed by atoms with E-state index in [9.17, 15) is 4.79 Å². The van der Waals surface area contributed by atoms with Gasteiger partial charge in [-0.1, -0.05) is 6.07 Å². The zero-order valence-electron chi connectivity index (χ0n) is 13.6. The molecule has 126 valence electrons. The topological polar surface area (TPSA) is 66.5 Å². The summed E-state index contributed by atoms with van der Waals surface area (Å²) in [5.41, 5.74) is 1.03. The average Bonchev–Trinajstić information content (AvgIpc) is 2.62. The number of rotatable bonds is 5. The Morgan fingerprint density at radius 3 is 2.91 bits per heavy atom. The highest BCUT2D eigenvalue weighted by Gasteiger charge is 2.16. The second-order valence-corrected chi connectivity index (χ2v) is 6.28. The van der Waals surface area contributed by atoms with Crippen LogP contribution in [0.15, 0.2) is 18.3 Å². The Hall–Kier alpha value is -1.66. The summed E-state index contributed by atoms with van der Waals surface area (Å²) in [6.07, 6.45) is 6.14. The van der Waals surface area contributed by atoms with Crippen molar-refractivity contribution in [3.63, 3.8) is 0 Å². The lowest BCUT2D eigenvalue weighted by molar-refractivity contribution is -0.122. The molecule has 0 radical (unpaired) electrons. The average molecular weight is 318 g/mol. The monoisotopic (exact) mass is 318 g/mol. The van der Waals surface area contributed by atoms with E-state index < -0.39 is 0 Å². The minimum Gasteiger partial charge on any atom is -0.378 e. The number of ether oxygens (including phenoxy) is 1. The fourth-order valence-corrected chi connectivity index (χ4v) is 3.08. The molecule has 2 saturated heterocycles. The zero-order valence-corrected chi connectivity index (χ0v) is 13.6.